The molecule has 2 aliphatic rings. The van der Waals surface area contributed by atoms with Crippen LogP contribution < -0.4 is 0 Å². The second-order valence-electron chi connectivity index (χ2n) is 6.42. The molecule has 1 aliphatic carbocycles. The second kappa shape index (κ2) is 6.57. The van der Waals surface area contributed by atoms with E-state index in [4.69, 9.17) is 4.74 Å². The van der Waals surface area contributed by atoms with Gasteiger partial charge in [-0.1, -0.05) is 12.1 Å². The number of fused-ring (bicyclic) bond motifs is 2. The fraction of sp³-hybridized carbons (Fsp3) is 0.556. The molecule has 0 N–H and O–H groups in total. The van der Waals surface area contributed by atoms with Gasteiger partial charge in [0, 0.05) is 13.0 Å². The average molecular weight is 330 g/mol. The fourth-order valence-electron chi connectivity index (χ4n) is 3.80. The van der Waals surface area contributed by atoms with Crippen molar-refractivity contribution in [3.05, 3.63) is 29.3 Å². The Kier molecular flexibility index (Phi) is 4.31. The molecule has 1 aromatic heterocycles. The van der Waals surface area contributed by atoms with Gasteiger partial charge in [0.25, 0.3) is 0 Å². The molecule has 0 unspecified atom stereocenters. The number of hydrogen-bond donors (Lipinski definition) is 0. The Bertz CT molecular complexity index is 666. The molecule has 2 fully saturated rings. The van der Waals surface area contributed by atoms with Crippen LogP contribution in [0.25, 0.3) is 10.2 Å². The zero-order valence-electron chi connectivity index (χ0n) is 13.2. The van der Waals surface area contributed by atoms with Gasteiger partial charge in [0.1, 0.15) is 0 Å². The van der Waals surface area contributed by atoms with Gasteiger partial charge < -0.3 is 9.64 Å². The number of aromatic nitrogens is 1. The maximum absolute atomic E-state index is 12.6. The predicted octanol–water partition coefficient (Wildman–Crippen LogP) is 3.40. The third-order valence-electron chi connectivity index (χ3n) is 4.92. The number of carbonyl (C=O) groups is 1. The van der Waals surface area contributed by atoms with E-state index in [9.17, 15) is 4.79 Å². The van der Waals surface area contributed by atoms with Gasteiger partial charge in [-0.05, 0) is 44.2 Å². The Balaban J connectivity index is 1.32. The minimum Gasteiger partial charge on any atom is -0.374 e. The van der Waals surface area contributed by atoms with Crippen LogP contribution in [0, 0.1) is 0 Å². The molecule has 1 aliphatic heterocycles. The van der Waals surface area contributed by atoms with E-state index in [1.807, 2.05) is 12.1 Å². The number of aryl methyl sites for hydroxylation is 1. The van der Waals surface area contributed by atoms with Crippen molar-refractivity contribution in [1.29, 1.82) is 0 Å². The lowest BCUT2D eigenvalue weighted by Crippen LogP contribution is -2.51. The van der Waals surface area contributed by atoms with Crippen molar-refractivity contribution < 1.29 is 9.53 Å². The summed E-state index contributed by atoms with van der Waals surface area (Å²) in [6.07, 6.45) is 6.09. The largest absolute Gasteiger partial charge is 0.374 e. The molecular weight excluding hydrogens is 308 g/mol. The van der Waals surface area contributed by atoms with E-state index in [1.54, 1.807) is 11.3 Å². The molecule has 23 heavy (non-hydrogen) atoms. The lowest BCUT2D eigenvalue weighted by atomic mass is 10.1. The smallest absolute Gasteiger partial charge is 0.222 e. The first kappa shape index (κ1) is 15.1. The minimum atomic E-state index is 0.289. The van der Waals surface area contributed by atoms with Crippen LogP contribution in [0.1, 0.15) is 37.1 Å². The number of amides is 1. The van der Waals surface area contributed by atoms with E-state index in [0.29, 0.717) is 25.0 Å². The third-order valence-corrected chi connectivity index (χ3v) is 6.02. The number of para-hydroxylation sites is 1. The standard InChI is InChI=1S/C18H22N2O2S/c21-18(20-11-12-22-15-7-3-6-14(15)20)10-4-9-17-19-13-5-1-2-8-16(13)23-17/h1-2,5,8,14-15H,3-4,6-7,9-12H2/t14-,15-/m1/s1. The van der Waals surface area contributed by atoms with Crippen molar-refractivity contribution in [3.63, 3.8) is 0 Å². The summed E-state index contributed by atoms with van der Waals surface area (Å²) in [4.78, 5) is 19.3. The van der Waals surface area contributed by atoms with Crippen LogP contribution in [0.5, 0.6) is 0 Å². The highest BCUT2D eigenvalue weighted by molar-refractivity contribution is 7.18. The van der Waals surface area contributed by atoms with E-state index in [1.165, 1.54) is 11.1 Å². The lowest BCUT2D eigenvalue weighted by molar-refractivity contribution is -0.144. The number of thiazole rings is 1. The summed E-state index contributed by atoms with van der Waals surface area (Å²) >= 11 is 1.74. The van der Waals surface area contributed by atoms with Gasteiger partial charge >= 0.3 is 0 Å². The zero-order valence-corrected chi connectivity index (χ0v) is 14.1. The summed E-state index contributed by atoms with van der Waals surface area (Å²) in [7, 11) is 0. The van der Waals surface area contributed by atoms with Crippen molar-refractivity contribution in [1.82, 2.24) is 9.88 Å². The molecule has 0 bridgehead atoms. The maximum Gasteiger partial charge on any atom is 0.222 e. The summed E-state index contributed by atoms with van der Waals surface area (Å²) in [5.74, 6) is 0.298. The monoisotopic (exact) mass is 330 g/mol. The number of nitrogens with zero attached hydrogens (tertiary/aromatic N) is 2. The van der Waals surface area contributed by atoms with E-state index in [-0.39, 0.29) is 6.10 Å². The van der Waals surface area contributed by atoms with Gasteiger partial charge in [-0.15, -0.1) is 11.3 Å². The molecule has 1 saturated carbocycles. The average Bonchev–Trinajstić information content (AvgIpc) is 3.20. The van der Waals surface area contributed by atoms with Gasteiger partial charge in [-0.3, -0.25) is 4.79 Å². The Morgan fingerprint density at radius 3 is 3.17 bits per heavy atom. The number of benzene rings is 1. The number of hydrogen-bond acceptors (Lipinski definition) is 4. The van der Waals surface area contributed by atoms with Gasteiger partial charge in [0.05, 0.1) is 34.0 Å². The highest BCUT2D eigenvalue weighted by Gasteiger charge is 2.37. The van der Waals surface area contributed by atoms with Crippen molar-refractivity contribution in [2.24, 2.45) is 0 Å². The van der Waals surface area contributed by atoms with Crippen LogP contribution in [0.15, 0.2) is 24.3 Å². The topological polar surface area (TPSA) is 42.4 Å². The van der Waals surface area contributed by atoms with E-state index >= 15 is 0 Å². The molecule has 4 rings (SSSR count). The summed E-state index contributed by atoms with van der Waals surface area (Å²) in [5, 5.41) is 1.14. The predicted molar refractivity (Wildman–Crippen MR) is 91.7 cm³/mol. The van der Waals surface area contributed by atoms with E-state index < -0.39 is 0 Å². The zero-order chi connectivity index (χ0) is 15.6. The van der Waals surface area contributed by atoms with Gasteiger partial charge in [-0.25, -0.2) is 4.98 Å². The maximum atomic E-state index is 12.6. The number of rotatable bonds is 4. The van der Waals surface area contributed by atoms with Crippen molar-refractivity contribution >= 4 is 27.5 Å². The van der Waals surface area contributed by atoms with Crippen molar-refractivity contribution in [2.45, 2.75) is 50.7 Å². The van der Waals surface area contributed by atoms with Crippen LogP contribution in [0.2, 0.25) is 0 Å². The second-order valence-corrected chi connectivity index (χ2v) is 7.54. The summed E-state index contributed by atoms with van der Waals surface area (Å²) in [6.45, 7) is 1.46. The summed E-state index contributed by atoms with van der Waals surface area (Å²) < 4.78 is 7.02. The van der Waals surface area contributed by atoms with E-state index in [2.05, 4.69) is 22.0 Å². The normalized spacial score (nSPS) is 24.1. The SMILES string of the molecule is O=C(CCCc1nc2ccccc2s1)N1CCO[C@@H]2CCC[C@H]21. The third kappa shape index (κ3) is 3.12. The summed E-state index contributed by atoms with van der Waals surface area (Å²) in [6, 6.07) is 8.55. The molecule has 2 aromatic rings. The number of ether oxygens (including phenoxy) is 1. The Morgan fingerprint density at radius 2 is 2.26 bits per heavy atom. The molecule has 122 valence electrons. The first-order valence-electron chi connectivity index (χ1n) is 8.57. The molecule has 2 heterocycles. The quantitative estimate of drug-likeness (QED) is 0.863. The molecule has 1 amide bonds. The van der Waals surface area contributed by atoms with Crippen molar-refractivity contribution in [3.8, 4) is 0 Å². The lowest BCUT2D eigenvalue weighted by Gasteiger charge is -2.37. The summed E-state index contributed by atoms with van der Waals surface area (Å²) in [5.41, 5.74) is 1.07. The molecule has 1 saturated heterocycles. The van der Waals surface area contributed by atoms with Crippen LogP contribution in [-0.4, -0.2) is 41.1 Å². The van der Waals surface area contributed by atoms with Crippen LogP contribution >= 0.6 is 11.3 Å². The Labute approximate surface area is 140 Å². The molecule has 0 spiro atoms. The van der Waals surface area contributed by atoms with Crippen LogP contribution in [0.3, 0.4) is 0 Å². The van der Waals surface area contributed by atoms with Gasteiger partial charge in [0.15, 0.2) is 0 Å². The van der Waals surface area contributed by atoms with Crippen molar-refractivity contribution in [2.75, 3.05) is 13.2 Å². The van der Waals surface area contributed by atoms with Crippen LogP contribution in [0.4, 0.5) is 0 Å². The van der Waals surface area contributed by atoms with Gasteiger partial charge in [-0.2, -0.15) is 0 Å². The molecule has 5 heteroatoms. The molecular formula is C18H22N2O2S. The fourth-order valence-corrected chi connectivity index (χ4v) is 4.81. The Hall–Kier alpha value is -1.46. The van der Waals surface area contributed by atoms with Crippen LogP contribution in [-0.2, 0) is 16.0 Å². The molecule has 4 nitrogen and oxygen atoms in total. The number of morpholine rings is 1. The first-order chi connectivity index (χ1) is 11.3. The Morgan fingerprint density at radius 1 is 1.35 bits per heavy atom. The highest BCUT2D eigenvalue weighted by Crippen LogP contribution is 2.30. The molecule has 1 aromatic carbocycles. The number of carbonyl (C=O) groups excluding carboxylic acids is 1. The first-order valence-corrected chi connectivity index (χ1v) is 9.38. The van der Waals surface area contributed by atoms with E-state index in [0.717, 1.165) is 42.8 Å². The minimum absolute atomic E-state index is 0.289. The molecule has 0 radical (unpaired) electrons. The highest BCUT2D eigenvalue weighted by atomic mass is 32.1. The van der Waals surface area contributed by atoms with Gasteiger partial charge in [0.2, 0.25) is 5.91 Å². The molecule has 2 atom stereocenters.